The summed E-state index contributed by atoms with van der Waals surface area (Å²) in [6.07, 6.45) is 7.66. The highest BCUT2D eigenvalue weighted by atomic mass is 16.5. The molecule has 1 unspecified atom stereocenters. The van der Waals surface area contributed by atoms with Crippen LogP contribution in [0.15, 0.2) is 0 Å². The number of rotatable bonds is 8. The van der Waals surface area contributed by atoms with Crippen LogP contribution < -0.4 is 5.32 Å². The lowest BCUT2D eigenvalue weighted by Gasteiger charge is -2.28. The zero-order valence-electron chi connectivity index (χ0n) is 10.8. The fourth-order valence-electron chi connectivity index (χ4n) is 2.42. The summed E-state index contributed by atoms with van der Waals surface area (Å²) in [5, 5.41) is 12.7. The molecule has 0 radical (unpaired) electrons. The van der Waals surface area contributed by atoms with E-state index in [2.05, 4.69) is 19.2 Å². The van der Waals surface area contributed by atoms with Crippen LogP contribution in [-0.4, -0.2) is 36.5 Å². The van der Waals surface area contributed by atoms with Crippen LogP contribution in [0.2, 0.25) is 0 Å². The molecule has 0 saturated heterocycles. The number of likely N-dealkylation sites (N-methyl/N-ethyl adjacent to an activating group) is 1. The van der Waals surface area contributed by atoms with Gasteiger partial charge in [0.15, 0.2) is 0 Å². The second kappa shape index (κ2) is 7.25. The van der Waals surface area contributed by atoms with Crippen LogP contribution >= 0.6 is 0 Å². The molecule has 3 heteroatoms. The minimum absolute atomic E-state index is 0.131. The van der Waals surface area contributed by atoms with E-state index < -0.39 is 0 Å². The average Bonchev–Trinajstić information content (AvgIpc) is 2.78. The monoisotopic (exact) mass is 229 g/mol. The van der Waals surface area contributed by atoms with Crippen molar-refractivity contribution in [3.63, 3.8) is 0 Å². The Kier molecular flexibility index (Phi) is 6.32. The number of hydrogen-bond acceptors (Lipinski definition) is 3. The first-order valence-corrected chi connectivity index (χ1v) is 6.67. The number of nitrogens with one attached hydrogen (secondary N) is 1. The van der Waals surface area contributed by atoms with Crippen LogP contribution in [-0.2, 0) is 4.74 Å². The molecule has 3 nitrogen and oxygen atoms in total. The molecule has 1 aliphatic rings. The topological polar surface area (TPSA) is 41.5 Å². The largest absolute Gasteiger partial charge is 0.394 e. The fraction of sp³-hybridized carbons (Fsp3) is 1.00. The number of aliphatic hydroxyl groups is 1. The van der Waals surface area contributed by atoms with E-state index in [9.17, 15) is 5.11 Å². The molecule has 96 valence electrons. The third kappa shape index (κ3) is 4.81. The summed E-state index contributed by atoms with van der Waals surface area (Å²) in [7, 11) is 0. The van der Waals surface area contributed by atoms with E-state index in [1.165, 1.54) is 25.7 Å². The molecule has 1 saturated carbocycles. The summed E-state index contributed by atoms with van der Waals surface area (Å²) in [4.78, 5) is 0. The molecule has 0 heterocycles. The highest BCUT2D eigenvalue weighted by Gasteiger charge is 2.21. The van der Waals surface area contributed by atoms with Gasteiger partial charge in [-0.05, 0) is 39.2 Å². The molecule has 0 amide bonds. The van der Waals surface area contributed by atoms with Crippen molar-refractivity contribution in [2.75, 3.05) is 19.8 Å². The Balaban J connectivity index is 2.08. The molecule has 0 aromatic carbocycles. The lowest BCUT2D eigenvalue weighted by atomic mass is 9.97. The van der Waals surface area contributed by atoms with E-state index >= 15 is 0 Å². The molecule has 2 N–H and O–H groups in total. The minimum atomic E-state index is -0.131. The molecule has 1 fully saturated rings. The van der Waals surface area contributed by atoms with Gasteiger partial charge in [0.1, 0.15) is 0 Å². The second-order valence-electron chi connectivity index (χ2n) is 5.13. The molecule has 1 atom stereocenters. The van der Waals surface area contributed by atoms with Gasteiger partial charge >= 0.3 is 0 Å². The highest BCUT2D eigenvalue weighted by molar-refractivity contribution is 4.81. The Bertz CT molecular complexity index is 181. The van der Waals surface area contributed by atoms with Gasteiger partial charge in [0.25, 0.3) is 0 Å². The first kappa shape index (κ1) is 13.9. The van der Waals surface area contributed by atoms with Crippen molar-refractivity contribution in [2.24, 2.45) is 0 Å². The van der Waals surface area contributed by atoms with E-state index in [-0.39, 0.29) is 12.1 Å². The van der Waals surface area contributed by atoms with Crippen molar-refractivity contribution in [1.29, 1.82) is 0 Å². The standard InChI is InChI=1S/C13H27NO2/c1-3-14-13(2,11-15)9-6-10-16-12-7-4-5-8-12/h12,14-15H,3-11H2,1-2H3. The predicted octanol–water partition coefficient (Wildman–Crippen LogP) is 2.09. The molecule has 0 aliphatic heterocycles. The van der Waals surface area contributed by atoms with E-state index in [4.69, 9.17) is 4.74 Å². The van der Waals surface area contributed by atoms with Crippen molar-refractivity contribution in [3.05, 3.63) is 0 Å². The zero-order chi connectivity index (χ0) is 11.9. The second-order valence-corrected chi connectivity index (χ2v) is 5.13. The molecule has 0 aromatic heterocycles. The number of aliphatic hydroxyl groups excluding tert-OH is 1. The van der Waals surface area contributed by atoms with Crippen molar-refractivity contribution in [2.45, 2.75) is 64.0 Å². The van der Waals surface area contributed by atoms with E-state index in [0.717, 1.165) is 26.0 Å². The third-order valence-electron chi connectivity index (χ3n) is 3.48. The van der Waals surface area contributed by atoms with Crippen molar-refractivity contribution in [3.8, 4) is 0 Å². The molecule has 0 aromatic rings. The van der Waals surface area contributed by atoms with Gasteiger partial charge in [0.2, 0.25) is 0 Å². The van der Waals surface area contributed by atoms with Crippen LogP contribution in [0.1, 0.15) is 52.4 Å². The summed E-state index contributed by atoms with van der Waals surface area (Å²) >= 11 is 0. The van der Waals surface area contributed by atoms with Crippen LogP contribution in [0.4, 0.5) is 0 Å². The lowest BCUT2D eigenvalue weighted by Crippen LogP contribution is -2.45. The molecule has 16 heavy (non-hydrogen) atoms. The van der Waals surface area contributed by atoms with Crippen LogP contribution in [0.25, 0.3) is 0 Å². The Labute approximate surface area is 99.6 Å². The lowest BCUT2D eigenvalue weighted by molar-refractivity contribution is 0.0491. The zero-order valence-corrected chi connectivity index (χ0v) is 10.8. The van der Waals surface area contributed by atoms with Gasteiger partial charge in [-0.3, -0.25) is 0 Å². The summed E-state index contributed by atoms with van der Waals surface area (Å²) in [6.45, 7) is 6.09. The first-order valence-electron chi connectivity index (χ1n) is 6.67. The summed E-state index contributed by atoms with van der Waals surface area (Å²) in [5.41, 5.74) is -0.131. The van der Waals surface area contributed by atoms with Crippen LogP contribution in [0.3, 0.4) is 0 Å². The predicted molar refractivity (Wildman–Crippen MR) is 66.6 cm³/mol. The summed E-state index contributed by atoms with van der Waals surface area (Å²) in [5.74, 6) is 0. The van der Waals surface area contributed by atoms with Gasteiger partial charge in [-0.2, -0.15) is 0 Å². The Morgan fingerprint density at radius 1 is 1.38 bits per heavy atom. The molecular formula is C13H27NO2. The molecule has 0 bridgehead atoms. The van der Waals surface area contributed by atoms with Crippen molar-refractivity contribution >= 4 is 0 Å². The van der Waals surface area contributed by atoms with E-state index in [1.54, 1.807) is 0 Å². The SMILES string of the molecule is CCNC(C)(CO)CCCOC1CCCC1. The number of hydrogen-bond donors (Lipinski definition) is 2. The Hall–Kier alpha value is -0.120. The van der Waals surface area contributed by atoms with Gasteiger partial charge in [-0.25, -0.2) is 0 Å². The van der Waals surface area contributed by atoms with Crippen LogP contribution in [0.5, 0.6) is 0 Å². The van der Waals surface area contributed by atoms with Gasteiger partial charge in [0, 0.05) is 12.1 Å². The van der Waals surface area contributed by atoms with Crippen molar-refractivity contribution in [1.82, 2.24) is 5.32 Å². The van der Waals surface area contributed by atoms with E-state index in [0.29, 0.717) is 6.10 Å². The highest BCUT2D eigenvalue weighted by Crippen LogP contribution is 2.21. The average molecular weight is 229 g/mol. The van der Waals surface area contributed by atoms with Crippen LogP contribution in [0, 0.1) is 0 Å². The van der Waals surface area contributed by atoms with Gasteiger partial charge in [-0.15, -0.1) is 0 Å². The molecule has 0 spiro atoms. The maximum absolute atomic E-state index is 9.32. The molecular weight excluding hydrogens is 202 g/mol. The Morgan fingerprint density at radius 3 is 2.62 bits per heavy atom. The first-order chi connectivity index (χ1) is 7.70. The summed E-state index contributed by atoms with van der Waals surface area (Å²) in [6, 6.07) is 0. The maximum atomic E-state index is 9.32. The van der Waals surface area contributed by atoms with Gasteiger partial charge < -0.3 is 15.2 Å². The smallest absolute Gasteiger partial charge is 0.0610 e. The minimum Gasteiger partial charge on any atom is -0.394 e. The molecule has 1 rings (SSSR count). The fourth-order valence-corrected chi connectivity index (χ4v) is 2.42. The normalized spacial score (nSPS) is 21.2. The van der Waals surface area contributed by atoms with Crippen molar-refractivity contribution < 1.29 is 9.84 Å². The quantitative estimate of drug-likeness (QED) is 0.626. The molecule has 1 aliphatic carbocycles. The van der Waals surface area contributed by atoms with Gasteiger partial charge in [0.05, 0.1) is 12.7 Å². The summed E-state index contributed by atoms with van der Waals surface area (Å²) < 4.78 is 5.81. The number of ether oxygens (including phenoxy) is 1. The third-order valence-corrected chi connectivity index (χ3v) is 3.48. The Morgan fingerprint density at radius 2 is 2.06 bits per heavy atom. The van der Waals surface area contributed by atoms with E-state index in [1.807, 2.05) is 0 Å². The maximum Gasteiger partial charge on any atom is 0.0610 e. The van der Waals surface area contributed by atoms with Gasteiger partial charge in [-0.1, -0.05) is 19.8 Å².